The number of carbonyl (C=O) groups is 1. The summed E-state index contributed by atoms with van der Waals surface area (Å²) in [5.41, 5.74) is 1.48. The van der Waals surface area contributed by atoms with Crippen LogP contribution in [0.5, 0.6) is 0 Å². The van der Waals surface area contributed by atoms with E-state index in [1.807, 2.05) is 24.3 Å². The highest BCUT2D eigenvalue weighted by Gasteiger charge is 2.21. The van der Waals surface area contributed by atoms with Crippen LogP contribution in [0.15, 0.2) is 42.6 Å². The number of pyridine rings is 1. The summed E-state index contributed by atoms with van der Waals surface area (Å²) in [4.78, 5) is 19.3. The SMILES string of the molecule is CC(C)N1CCC(CNc2ccccc2C(=O)Nc2ccc(Cl)cn2)CC1. The first-order chi connectivity index (χ1) is 13.0. The average Bonchev–Trinajstić information content (AvgIpc) is 2.68. The molecule has 1 aliphatic heterocycles. The Morgan fingerprint density at radius 3 is 2.63 bits per heavy atom. The van der Waals surface area contributed by atoms with Crippen LogP contribution in [0.2, 0.25) is 5.02 Å². The van der Waals surface area contributed by atoms with Crippen molar-refractivity contribution in [2.75, 3.05) is 30.3 Å². The Bertz CT molecular complexity index is 755. The van der Waals surface area contributed by atoms with Gasteiger partial charge in [0.25, 0.3) is 5.91 Å². The topological polar surface area (TPSA) is 57.3 Å². The van der Waals surface area contributed by atoms with E-state index in [1.54, 1.807) is 12.1 Å². The van der Waals surface area contributed by atoms with E-state index in [2.05, 4.69) is 34.4 Å². The monoisotopic (exact) mass is 386 g/mol. The second-order valence-corrected chi connectivity index (χ2v) is 7.75. The molecule has 2 N–H and O–H groups in total. The Morgan fingerprint density at radius 1 is 1.22 bits per heavy atom. The normalized spacial score (nSPS) is 15.7. The maximum Gasteiger partial charge on any atom is 0.258 e. The van der Waals surface area contributed by atoms with Crippen molar-refractivity contribution in [1.29, 1.82) is 0 Å². The first kappa shape index (κ1) is 19.6. The van der Waals surface area contributed by atoms with Gasteiger partial charge >= 0.3 is 0 Å². The third kappa shape index (κ3) is 5.44. The molecule has 144 valence electrons. The second-order valence-electron chi connectivity index (χ2n) is 7.32. The van der Waals surface area contributed by atoms with E-state index >= 15 is 0 Å². The zero-order valence-corrected chi connectivity index (χ0v) is 16.7. The van der Waals surface area contributed by atoms with Crippen LogP contribution in [-0.4, -0.2) is 41.5 Å². The lowest BCUT2D eigenvalue weighted by atomic mass is 9.95. The quantitative estimate of drug-likeness (QED) is 0.766. The molecule has 1 aromatic carbocycles. The standard InChI is InChI=1S/C21H27ClN4O/c1-15(2)26-11-9-16(10-12-26)13-23-19-6-4-3-5-18(19)21(27)25-20-8-7-17(22)14-24-20/h3-8,14-16,23H,9-13H2,1-2H3,(H,24,25,27). The third-order valence-electron chi connectivity index (χ3n) is 5.10. The number of amides is 1. The van der Waals surface area contributed by atoms with E-state index in [4.69, 9.17) is 11.6 Å². The molecular weight excluding hydrogens is 360 g/mol. The maximum atomic E-state index is 12.7. The first-order valence-electron chi connectivity index (χ1n) is 9.53. The predicted molar refractivity (Wildman–Crippen MR) is 112 cm³/mol. The lowest BCUT2D eigenvalue weighted by molar-refractivity contribution is 0.102. The second kappa shape index (κ2) is 9.20. The van der Waals surface area contributed by atoms with E-state index in [1.165, 1.54) is 19.0 Å². The fourth-order valence-corrected chi connectivity index (χ4v) is 3.51. The van der Waals surface area contributed by atoms with E-state index in [0.29, 0.717) is 28.4 Å². The van der Waals surface area contributed by atoms with Crippen molar-refractivity contribution < 1.29 is 4.79 Å². The van der Waals surface area contributed by atoms with Crippen molar-refractivity contribution in [3.8, 4) is 0 Å². The molecule has 1 saturated heterocycles. The number of piperidine rings is 1. The largest absolute Gasteiger partial charge is 0.384 e. The van der Waals surface area contributed by atoms with Gasteiger partial charge in [-0.2, -0.15) is 0 Å². The van der Waals surface area contributed by atoms with Crippen LogP contribution < -0.4 is 10.6 Å². The number of anilines is 2. The molecule has 0 unspecified atom stereocenters. The molecule has 1 fully saturated rings. The van der Waals surface area contributed by atoms with Crippen LogP contribution in [0, 0.1) is 5.92 Å². The third-order valence-corrected chi connectivity index (χ3v) is 5.32. The molecule has 0 aliphatic carbocycles. The molecular formula is C21H27ClN4O. The predicted octanol–water partition coefficient (Wildman–Crippen LogP) is 4.52. The Hall–Kier alpha value is -2.11. The summed E-state index contributed by atoms with van der Waals surface area (Å²) in [5, 5.41) is 6.85. The molecule has 3 rings (SSSR count). The summed E-state index contributed by atoms with van der Waals surface area (Å²) < 4.78 is 0. The molecule has 0 saturated carbocycles. The van der Waals surface area contributed by atoms with Crippen LogP contribution in [0.4, 0.5) is 11.5 Å². The van der Waals surface area contributed by atoms with Crippen molar-refractivity contribution in [1.82, 2.24) is 9.88 Å². The Labute approximate surface area is 166 Å². The van der Waals surface area contributed by atoms with E-state index in [-0.39, 0.29) is 5.91 Å². The van der Waals surface area contributed by atoms with Crippen molar-refractivity contribution in [3.63, 3.8) is 0 Å². The van der Waals surface area contributed by atoms with Gasteiger partial charge in [-0.15, -0.1) is 0 Å². The van der Waals surface area contributed by atoms with E-state index < -0.39 is 0 Å². The fourth-order valence-electron chi connectivity index (χ4n) is 3.40. The molecule has 2 heterocycles. The number of hydrogen-bond acceptors (Lipinski definition) is 4. The minimum Gasteiger partial charge on any atom is -0.384 e. The molecule has 2 aromatic rings. The summed E-state index contributed by atoms with van der Waals surface area (Å²) >= 11 is 5.84. The van der Waals surface area contributed by atoms with Crippen LogP contribution in [0.1, 0.15) is 37.0 Å². The average molecular weight is 387 g/mol. The molecule has 0 radical (unpaired) electrons. The number of nitrogens with one attached hydrogen (secondary N) is 2. The number of hydrogen-bond donors (Lipinski definition) is 2. The van der Waals surface area contributed by atoms with Crippen molar-refractivity contribution in [2.45, 2.75) is 32.7 Å². The number of benzene rings is 1. The van der Waals surface area contributed by atoms with Gasteiger partial charge in [-0.05, 0) is 70.0 Å². The molecule has 6 heteroatoms. The number of para-hydroxylation sites is 1. The van der Waals surface area contributed by atoms with Crippen LogP contribution >= 0.6 is 11.6 Å². The van der Waals surface area contributed by atoms with Crippen molar-refractivity contribution in [3.05, 3.63) is 53.2 Å². The zero-order valence-electron chi connectivity index (χ0n) is 15.9. The number of likely N-dealkylation sites (tertiary alicyclic amines) is 1. The van der Waals surface area contributed by atoms with Gasteiger partial charge in [-0.3, -0.25) is 4.79 Å². The molecule has 5 nitrogen and oxygen atoms in total. The number of carbonyl (C=O) groups excluding carboxylic acids is 1. The van der Waals surface area contributed by atoms with E-state index in [9.17, 15) is 4.79 Å². The van der Waals surface area contributed by atoms with Gasteiger partial charge < -0.3 is 15.5 Å². The first-order valence-corrected chi connectivity index (χ1v) is 9.90. The molecule has 1 aromatic heterocycles. The van der Waals surface area contributed by atoms with Gasteiger partial charge in [-0.1, -0.05) is 23.7 Å². The van der Waals surface area contributed by atoms with Gasteiger partial charge in [0.1, 0.15) is 5.82 Å². The van der Waals surface area contributed by atoms with Crippen LogP contribution in [0.3, 0.4) is 0 Å². The highest BCUT2D eigenvalue weighted by Crippen LogP contribution is 2.22. The van der Waals surface area contributed by atoms with E-state index in [0.717, 1.165) is 25.3 Å². The molecule has 27 heavy (non-hydrogen) atoms. The number of rotatable bonds is 6. The number of nitrogens with zero attached hydrogens (tertiary/aromatic N) is 2. The molecule has 0 bridgehead atoms. The lowest BCUT2D eigenvalue weighted by Gasteiger charge is -2.34. The number of aromatic nitrogens is 1. The highest BCUT2D eigenvalue weighted by atomic mass is 35.5. The van der Waals surface area contributed by atoms with Gasteiger partial charge in [0.05, 0.1) is 10.6 Å². The zero-order chi connectivity index (χ0) is 19.2. The van der Waals surface area contributed by atoms with Gasteiger partial charge in [0.2, 0.25) is 0 Å². The van der Waals surface area contributed by atoms with Crippen LogP contribution in [0.25, 0.3) is 0 Å². The summed E-state index contributed by atoms with van der Waals surface area (Å²) in [7, 11) is 0. The Balaban J connectivity index is 1.59. The summed E-state index contributed by atoms with van der Waals surface area (Å²) in [6, 6.07) is 11.6. The molecule has 1 aliphatic rings. The highest BCUT2D eigenvalue weighted by molar-refractivity contribution is 6.30. The van der Waals surface area contributed by atoms with Gasteiger partial charge in [0, 0.05) is 24.5 Å². The summed E-state index contributed by atoms with van der Waals surface area (Å²) in [6.45, 7) is 7.68. The minimum atomic E-state index is -0.178. The molecule has 0 atom stereocenters. The number of halogens is 1. The van der Waals surface area contributed by atoms with Gasteiger partial charge in [-0.25, -0.2) is 4.98 Å². The fraction of sp³-hybridized carbons (Fsp3) is 0.429. The van der Waals surface area contributed by atoms with Crippen molar-refractivity contribution in [2.24, 2.45) is 5.92 Å². The minimum absolute atomic E-state index is 0.178. The lowest BCUT2D eigenvalue weighted by Crippen LogP contribution is -2.39. The smallest absolute Gasteiger partial charge is 0.258 e. The Kier molecular flexibility index (Phi) is 6.69. The summed E-state index contributed by atoms with van der Waals surface area (Å²) in [6.07, 6.45) is 3.90. The Morgan fingerprint density at radius 2 is 1.96 bits per heavy atom. The van der Waals surface area contributed by atoms with Crippen LogP contribution in [-0.2, 0) is 0 Å². The maximum absolute atomic E-state index is 12.7. The van der Waals surface area contributed by atoms with Gasteiger partial charge in [0.15, 0.2) is 0 Å². The molecule has 1 amide bonds. The summed E-state index contributed by atoms with van der Waals surface area (Å²) in [5.74, 6) is 0.942. The van der Waals surface area contributed by atoms with Crippen molar-refractivity contribution >= 4 is 29.0 Å². The molecule has 0 spiro atoms.